The number of aromatic carboxylic acids is 1. The first kappa shape index (κ1) is 19.5. The van der Waals surface area contributed by atoms with E-state index in [-0.39, 0.29) is 28.6 Å². The molecule has 9 heteroatoms. The van der Waals surface area contributed by atoms with Gasteiger partial charge in [0.2, 0.25) is 0 Å². The molecule has 0 unspecified atom stereocenters. The molecule has 1 heterocycles. The third-order valence-electron chi connectivity index (χ3n) is 1.74. The molecule has 0 radical (unpaired) electrons. The third-order valence-corrected chi connectivity index (χ3v) is 1.74. The van der Waals surface area contributed by atoms with E-state index < -0.39 is 28.9 Å². The van der Waals surface area contributed by atoms with Gasteiger partial charge in [0.1, 0.15) is 0 Å². The molecule has 0 aliphatic heterocycles. The predicted octanol–water partition coefficient (Wildman–Crippen LogP) is -3.25. The van der Waals surface area contributed by atoms with Gasteiger partial charge in [-0.05, 0) is 19.4 Å². The number of aromatic amines is 2. The zero-order chi connectivity index (χ0) is 14.3. The molecule has 0 aromatic carbocycles. The molecule has 2 N–H and O–H groups in total. The van der Waals surface area contributed by atoms with Crippen LogP contribution in [-0.4, -0.2) is 45.0 Å². The van der Waals surface area contributed by atoms with Crippen molar-refractivity contribution in [3.63, 3.8) is 0 Å². The fourth-order valence-corrected chi connectivity index (χ4v) is 0.697. The standard InChI is InChI=1S/C5H4N2O4.C5H8O2.Mg/c8-3-1-2(4(9)10)6-5(11)7-3;1-3-4(2)5(6)7;/h1H,(H,9,10)(H2,6,7,8,11);3H,1-2H3,(H,6,7);/q;;+2/p-2. The Morgan fingerprint density at radius 3 is 2.00 bits per heavy atom. The van der Waals surface area contributed by atoms with Gasteiger partial charge in [-0.25, -0.2) is 4.79 Å². The van der Waals surface area contributed by atoms with E-state index in [2.05, 4.69) is 0 Å². The summed E-state index contributed by atoms with van der Waals surface area (Å²) in [6, 6.07) is 0.733. The Balaban J connectivity index is 0. The molecule has 0 saturated carbocycles. The minimum Gasteiger partial charge on any atom is -0.545 e. The zero-order valence-electron chi connectivity index (χ0n) is 10.3. The Kier molecular flexibility index (Phi) is 9.33. The number of allylic oxidation sites excluding steroid dienone is 1. The summed E-state index contributed by atoms with van der Waals surface area (Å²) in [5.41, 5.74) is -1.89. The maximum atomic E-state index is 10.4. The van der Waals surface area contributed by atoms with E-state index in [0.717, 1.165) is 6.07 Å². The zero-order valence-corrected chi connectivity index (χ0v) is 11.7. The van der Waals surface area contributed by atoms with Crippen LogP contribution in [0, 0.1) is 0 Å². The Hall–Kier alpha value is -1.87. The van der Waals surface area contributed by atoms with E-state index in [1.54, 1.807) is 6.92 Å². The van der Waals surface area contributed by atoms with Crippen LogP contribution in [0.4, 0.5) is 0 Å². The van der Waals surface area contributed by atoms with Crippen LogP contribution in [0.2, 0.25) is 0 Å². The van der Waals surface area contributed by atoms with Crippen molar-refractivity contribution in [3.05, 3.63) is 44.2 Å². The second kappa shape index (κ2) is 9.11. The van der Waals surface area contributed by atoms with Crippen molar-refractivity contribution in [3.8, 4) is 0 Å². The number of aromatic nitrogens is 2. The first-order chi connectivity index (χ1) is 8.27. The van der Waals surface area contributed by atoms with E-state index in [0.29, 0.717) is 0 Å². The number of carbonyl (C=O) groups is 2. The average Bonchev–Trinajstić information content (AvgIpc) is 2.27. The van der Waals surface area contributed by atoms with E-state index in [1.165, 1.54) is 13.0 Å². The summed E-state index contributed by atoms with van der Waals surface area (Å²) in [5, 5.41) is 19.8. The number of carbonyl (C=O) groups excluding carboxylic acids is 2. The van der Waals surface area contributed by atoms with Crippen LogP contribution in [-0.2, 0) is 4.79 Å². The van der Waals surface area contributed by atoms with Gasteiger partial charge in [0.15, 0.2) is 0 Å². The van der Waals surface area contributed by atoms with Crippen LogP contribution < -0.4 is 21.5 Å². The Morgan fingerprint density at radius 2 is 1.74 bits per heavy atom. The van der Waals surface area contributed by atoms with Crippen LogP contribution in [0.5, 0.6) is 0 Å². The van der Waals surface area contributed by atoms with Gasteiger partial charge in [-0.3, -0.25) is 9.78 Å². The molecule has 0 aliphatic rings. The number of rotatable bonds is 2. The molecule has 0 spiro atoms. The van der Waals surface area contributed by atoms with Gasteiger partial charge >= 0.3 is 28.7 Å². The van der Waals surface area contributed by atoms with Crippen molar-refractivity contribution < 1.29 is 19.8 Å². The Labute approximate surface area is 123 Å². The van der Waals surface area contributed by atoms with Gasteiger partial charge in [-0.2, -0.15) is 0 Å². The monoisotopic (exact) mass is 278 g/mol. The Bertz CT molecular complexity index is 558. The summed E-state index contributed by atoms with van der Waals surface area (Å²) in [5.74, 6) is -2.68. The fourth-order valence-electron chi connectivity index (χ4n) is 0.697. The molecular weight excluding hydrogens is 268 g/mol. The minimum atomic E-state index is -1.59. The van der Waals surface area contributed by atoms with Crippen molar-refractivity contribution >= 4 is 35.0 Å². The van der Waals surface area contributed by atoms with Gasteiger partial charge in [-0.15, -0.1) is 0 Å². The number of aliphatic carboxylic acids is 1. The van der Waals surface area contributed by atoms with Crippen LogP contribution in [0.3, 0.4) is 0 Å². The number of hydrogen-bond acceptors (Lipinski definition) is 6. The van der Waals surface area contributed by atoms with Crippen molar-refractivity contribution in [2.75, 3.05) is 0 Å². The second-order valence-electron chi connectivity index (χ2n) is 3.05. The SMILES string of the molecule is CC=C(C)C(=O)[O-].O=C([O-])c1cc(=O)[nH]c(=O)[nH]1.[Mg+2]. The van der Waals surface area contributed by atoms with E-state index in [1.807, 2.05) is 9.97 Å². The summed E-state index contributed by atoms with van der Waals surface area (Å²) < 4.78 is 0. The quantitative estimate of drug-likeness (QED) is 0.429. The largest absolute Gasteiger partial charge is 2.00 e. The van der Waals surface area contributed by atoms with E-state index in [9.17, 15) is 29.4 Å². The first-order valence-electron chi connectivity index (χ1n) is 4.67. The molecule has 0 saturated heterocycles. The van der Waals surface area contributed by atoms with Crippen LogP contribution >= 0.6 is 0 Å². The molecule has 0 atom stereocenters. The topological polar surface area (TPSA) is 146 Å². The molecule has 0 bridgehead atoms. The molecule has 98 valence electrons. The molecule has 0 fully saturated rings. The van der Waals surface area contributed by atoms with Gasteiger partial charge < -0.3 is 24.8 Å². The van der Waals surface area contributed by atoms with Crippen molar-refractivity contribution in [1.82, 2.24) is 9.97 Å². The molecule has 0 amide bonds. The van der Waals surface area contributed by atoms with Crippen molar-refractivity contribution in [2.24, 2.45) is 0 Å². The predicted molar refractivity (Wildman–Crippen MR) is 62.2 cm³/mol. The smallest absolute Gasteiger partial charge is 0.545 e. The minimum absolute atomic E-state index is 0. The molecule has 19 heavy (non-hydrogen) atoms. The average molecular weight is 279 g/mol. The maximum Gasteiger partial charge on any atom is 2.00 e. The Morgan fingerprint density at radius 1 is 1.21 bits per heavy atom. The van der Waals surface area contributed by atoms with Gasteiger partial charge in [0.25, 0.3) is 5.56 Å². The number of carboxylic acid groups (broad SMARTS) is 2. The molecule has 1 aromatic heterocycles. The number of nitrogens with one attached hydrogen (secondary N) is 2. The molecule has 8 nitrogen and oxygen atoms in total. The summed E-state index contributed by atoms with van der Waals surface area (Å²) >= 11 is 0. The van der Waals surface area contributed by atoms with Gasteiger partial charge in [0, 0.05) is 6.07 Å². The van der Waals surface area contributed by atoms with Crippen LogP contribution in [0.1, 0.15) is 24.3 Å². The fraction of sp³-hybridized carbons (Fsp3) is 0.200. The van der Waals surface area contributed by atoms with Gasteiger partial charge in [0.05, 0.1) is 17.6 Å². The first-order valence-corrected chi connectivity index (χ1v) is 4.67. The van der Waals surface area contributed by atoms with E-state index >= 15 is 0 Å². The summed E-state index contributed by atoms with van der Waals surface area (Å²) in [6.45, 7) is 3.15. The van der Waals surface area contributed by atoms with E-state index in [4.69, 9.17) is 0 Å². The summed E-state index contributed by atoms with van der Waals surface area (Å²) in [6.07, 6.45) is 1.50. The summed E-state index contributed by atoms with van der Waals surface area (Å²) in [7, 11) is 0. The maximum absolute atomic E-state index is 10.4. The van der Waals surface area contributed by atoms with Crippen LogP contribution in [0.25, 0.3) is 0 Å². The van der Waals surface area contributed by atoms with Crippen molar-refractivity contribution in [2.45, 2.75) is 13.8 Å². The molecular formula is C10H10MgN2O6. The van der Waals surface area contributed by atoms with Crippen LogP contribution in [0.15, 0.2) is 27.3 Å². The normalized spacial score (nSPS) is 9.68. The molecule has 0 aliphatic carbocycles. The van der Waals surface area contributed by atoms with Gasteiger partial charge in [-0.1, -0.05) is 6.08 Å². The third kappa shape index (κ3) is 7.94. The second-order valence-corrected chi connectivity index (χ2v) is 3.05. The molecule has 1 rings (SSSR count). The number of carboxylic acids is 2. The summed E-state index contributed by atoms with van der Waals surface area (Å²) in [4.78, 5) is 44.4. The van der Waals surface area contributed by atoms with Crippen molar-refractivity contribution in [1.29, 1.82) is 0 Å². The molecule has 1 aromatic rings. The number of H-pyrrole nitrogens is 2. The number of hydrogen-bond donors (Lipinski definition) is 2.